The Morgan fingerprint density at radius 3 is 2.59 bits per heavy atom. The number of aromatic nitrogens is 3. The number of nitrogens with zero attached hydrogens (tertiary/aromatic N) is 2. The molecule has 0 spiro atoms. The zero-order valence-electron chi connectivity index (χ0n) is 9.93. The zero-order valence-corrected chi connectivity index (χ0v) is 10.8. The van der Waals surface area contributed by atoms with Gasteiger partial charge in [-0.25, -0.2) is 0 Å². The van der Waals surface area contributed by atoms with Crippen LogP contribution >= 0.6 is 12.2 Å². The van der Waals surface area contributed by atoms with Crippen LogP contribution in [0.2, 0.25) is 0 Å². The molecule has 0 saturated heterocycles. The van der Waals surface area contributed by atoms with Crippen molar-refractivity contribution in [2.24, 2.45) is 7.05 Å². The first-order chi connectivity index (χ1) is 8.16. The summed E-state index contributed by atoms with van der Waals surface area (Å²) in [6.07, 6.45) is 0. The van der Waals surface area contributed by atoms with Gasteiger partial charge in [-0.3, -0.25) is 5.10 Å². The molecular formula is C12H15N3OS. The van der Waals surface area contributed by atoms with Gasteiger partial charge >= 0.3 is 0 Å². The Morgan fingerprint density at radius 1 is 1.29 bits per heavy atom. The number of ether oxygens (including phenoxy) is 1. The average Bonchev–Trinajstić information content (AvgIpc) is 2.64. The van der Waals surface area contributed by atoms with Crippen molar-refractivity contribution in [3.05, 3.63) is 46.0 Å². The van der Waals surface area contributed by atoms with Crippen molar-refractivity contribution in [2.75, 3.05) is 0 Å². The maximum absolute atomic E-state index is 5.59. The molecule has 1 N–H and O–H groups in total. The fourth-order valence-corrected chi connectivity index (χ4v) is 1.60. The van der Waals surface area contributed by atoms with Crippen molar-refractivity contribution in [1.29, 1.82) is 0 Å². The van der Waals surface area contributed by atoms with Crippen LogP contribution in [0, 0.1) is 11.7 Å². The van der Waals surface area contributed by atoms with E-state index in [0.717, 1.165) is 11.4 Å². The topological polar surface area (TPSA) is 42.8 Å². The van der Waals surface area contributed by atoms with E-state index in [4.69, 9.17) is 17.0 Å². The predicted molar refractivity (Wildman–Crippen MR) is 68.1 cm³/mol. The van der Waals surface area contributed by atoms with E-state index in [0.29, 0.717) is 18.0 Å². The second kappa shape index (κ2) is 5.25. The van der Waals surface area contributed by atoms with Crippen LogP contribution in [0.25, 0.3) is 0 Å². The van der Waals surface area contributed by atoms with E-state index in [-0.39, 0.29) is 0 Å². The minimum absolute atomic E-state index is 0.456. The first-order valence-electron chi connectivity index (χ1n) is 5.40. The number of aromatic amines is 1. The molecule has 0 aliphatic rings. The Balaban J connectivity index is 1.90. The molecule has 0 saturated carbocycles. The smallest absolute Gasteiger partial charge is 0.194 e. The third-order valence-electron chi connectivity index (χ3n) is 2.59. The van der Waals surface area contributed by atoms with Crippen molar-refractivity contribution in [2.45, 2.75) is 20.1 Å². The normalized spacial score (nSPS) is 10.7. The number of H-pyrrole nitrogens is 1. The van der Waals surface area contributed by atoms with Gasteiger partial charge in [-0.05, 0) is 24.7 Å². The molecule has 1 aromatic carbocycles. The first kappa shape index (κ1) is 12.0. The molecule has 1 aromatic heterocycles. The molecular weight excluding hydrogens is 234 g/mol. The monoisotopic (exact) mass is 249 g/mol. The molecule has 2 rings (SSSR count). The molecule has 1 heterocycles. The number of nitrogens with one attached hydrogen (secondary N) is 1. The second-order valence-electron chi connectivity index (χ2n) is 3.98. The second-order valence-corrected chi connectivity index (χ2v) is 4.37. The fraction of sp³-hybridized carbons (Fsp3) is 0.333. The highest BCUT2D eigenvalue weighted by molar-refractivity contribution is 7.71. The lowest BCUT2D eigenvalue weighted by atomic mass is 10.2. The maximum Gasteiger partial charge on any atom is 0.194 e. The first-order valence-corrected chi connectivity index (χ1v) is 5.81. The number of rotatable bonds is 4. The summed E-state index contributed by atoms with van der Waals surface area (Å²) >= 11 is 5.02. The molecule has 2 aromatic rings. The number of benzene rings is 1. The molecule has 90 valence electrons. The lowest BCUT2D eigenvalue weighted by Gasteiger charge is -2.04. The summed E-state index contributed by atoms with van der Waals surface area (Å²) < 4.78 is 8.01. The van der Waals surface area contributed by atoms with Crippen molar-refractivity contribution in [3.8, 4) is 0 Å². The van der Waals surface area contributed by atoms with Crippen LogP contribution in [-0.2, 0) is 25.0 Å². The van der Waals surface area contributed by atoms with Gasteiger partial charge < -0.3 is 9.30 Å². The minimum atomic E-state index is 0.456. The molecule has 0 aliphatic heterocycles. The summed E-state index contributed by atoms with van der Waals surface area (Å²) in [7, 11) is 1.87. The molecule has 0 aliphatic carbocycles. The number of hydrogen-bond acceptors (Lipinski definition) is 3. The summed E-state index contributed by atoms with van der Waals surface area (Å²) in [4.78, 5) is 0. The third kappa shape index (κ3) is 3.01. The van der Waals surface area contributed by atoms with E-state index in [9.17, 15) is 0 Å². The summed E-state index contributed by atoms with van der Waals surface area (Å²) in [5.74, 6) is 0.808. The SMILES string of the molecule is Cc1ccc(COCc2n[nH]c(=S)n2C)cc1. The summed E-state index contributed by atoms with van der Waals surface area (Å²) in [6.45, 7) is 3.11. The van der Waals surface area contributed by atoms with Crippen molar-refractivity contribution < 1.29 is 4.74 Å². The Hall–Kier alpha value is -1.46. The highest BCUT2D eigenvalue weighted by Gasteiger charge is 2.02. The van der Waals surface area contributed by atoms with Gasteiger partial charge in [0.15, 0.2) is 10.6 Å². The molecule has 0 unspecified atom stereocenters. The van der Waals surface area contributed by atoms with Gasteiger partial charge in [0.2, 0.25) is 0 Å². The van der Waals surface area contributed by atoms with E-state index in [1.54, 1.807) is 0 Å². The average molecular weight is 249 g/mol. The molecule has 0 atom stereocenters. The van der Waals surface area contributed by atoms with Crippen LogP contribution in [0.3, 0.4) is 0 Å². The Morgan fingerprint density at radius 2 is 2.00 bits per heavy atom. The highest BCUT2D eigenvalue weighted by atomic mass is 32.1. The van der Waals surface area contributed by atoms with Gasteiger partial charge in [-0.15, -0.1) is 0 Å². The van der Waals surface area contributed by atoms with Gasteiger partial charge in [0.25, 0.3) is 0 Å². The van der Waals surface area contributed by atoms with Crippen LogP contribution in [0.1, 0.15) is 17.0 Å². The van der Waals surface area contributed by atoms with Gasteiger partial charge in [-0.2, -0.15) is 5.10 Å². The number of aryl methyl sites for hydroxylation is 1. The van der Waals surface area contributed by atoms with E-state index in [2.05, 4.69) is 41.4 Å². The van der Waals surface area contributed by atoms with Crippen LogP contribution in [0.5, 0.6) is 0 Å². The van der Waals surface area contributed by atoms with Crippen LogP contribution in [0.15, 0.2) is 24.3 Å². The van der Waals surface area contributed by atoms with E-state index < -0.39 is 0 Å². The zero-order chi connectivity index (χ0) is 12.3. The third-order valence-corrected chi connectivity index (χ3v) is 2.96. The van der Waals surface area contributed by atoms with E-state index in [1.165, 1.54) is 5.56 Å². The van der Waals surface area contributed by atoms with Crippen LogP contribution in [-0.4, -0.2) is 14.8 Å². The summed E-state index contributed by atoms with van der Waals surface area (Å²) in [5.41, 5.74) is 2.41. The Kier molecular flexibility index (Phi) is 3.71. The lowest BCUT2D eigenvalue weighted by molar-refractivity contribution is 0.0997. The number of hydrogen-bond donors (Lipinski definition) is 1. The molecule has 4 nitrogen and oxygen atoms in total. The van der Waals surface area contributed by atoms with Crippen molar-refractivity contribution >= 4 is 12.2 Å². The largest absolute Gasteiger partial charge is 0.369 e. The molecule has 17 heavy (non-hydrogen) atoms. The standard InChI is InChI=1S/C12H15N3OS/c1-9-3-5-10(6-4-9)7-16-8-11-13-14-12(17)15(11)2/h3-6H,7-8H2,1-2H3,(H,14,17). The van der Waals surface area contributed by atoms with Crippen LogP contribution in [0.4, 0.5) is 0 Å². The molecule has 5 heteroatoms. The van der Waals surface area contributed by atoms with Gasteiger partial charge in [0, 0.05) is 7.05 Å². The molecule has 0 radical (unpaired) electrons. The van der Waals surface area contributed by atoms with Crippen LogP contribution < -0.4 is 0 Å². The maximum atomic E-state index is 5.59. The molecule has 0 bridgehead atoms. The van der Waals surface area contributed by atoms with E-state index in [1.807, 2.05) is 11.6 Å². The predicted octanol–water partition coefficient (Wildman–Crippen LogP) is 2.50. The van der Waals surface area contributed by atoms with Gasteiger partial charge in [-0.1, -0.05) is 29.8 Å². The van der Waals surface area contributed by atoms with Crippen molar-refractivity contribution in [3.63, 3.8) is 0 Å². The minimum Gasteiger partial charge on any atom is -0.369 e. The summed E-state index contributed by atoms with van der Waals surface area (Å²) in [5, 5.41) is 6.81. The molecule has 0 fully saturated rings. The Bertz CT molecular complexity index is 542. The highest BCUT2D eigenvalue weighted by Crippen LogP contribution is 2.06. The van der Waals surface area contributed by atoms with E-state index >= 15 is 0 Å². The lowest BCUT2D eigenvalue weighted by Crippen LogP contribution is -2.01. The van der Waals surface area contributed by atoms with Crippen molar-refractivity contribution in [1.82, 2.24) is 14.8 Å². The fourth-order valence-electron chi connectivity index (χ4n) is 1.45. The summed E-state index contributed by atoms with van der Waals surface area (Å²) in [6, 6.07) is 8.29. The molecule has 0 amide bonds. The van der Waals surface area contributed by atoms with Gasteiger partial charge in [0.05, 0.1) is 6.61 Å². The van der Waals surface area contributed by atoms with Gasteiger partial charge in [0.1, 0.15) is 6.61 Å². The quantitative estimate of drug-likeness (QED) is 0.847. The Labute approximate surface area is 105 Å².